The van der Waals surface area contributed by atoms with Gasteiger partial charge in [0, 0.05) is 18.2 Å². The molecule has 0 aliphatic carbocycles. The summed E-state index contributed by atoms with van der Waals surface area (Å²) in [5, 5.41) is 0.368. The Labute approximate surface area is 132 Å². The summed E-state index contributed by atoms with van der Waals surface area (Å²) in [5.41, 5.74) is 12.9. The van der Waals surface area contributed by atoms with Crippen LogP contribution in [0.15, 0.2) is 47.3 Å². The molecule has 0 aliphatic rings. The van der Waals surface area contributed by atoms with Gasteiger partial charge in [-0.3, -0.25) is 14.2 Å². The second-order valence-corrected chi connectivity index (χ2v) is 5.21. The number of amides is 1. The molecule has 3 aromatic rings. The quantitative estimate of drug-likeness (QED) is 0.757. The van der Waals surface area contributed by atoms with Crippen molar-refractivity contribution in [3.8, 4) is 11.1 Å². The van der Waals surface area contributed by atoms with E-state index in [1.807, 2.05) is 30.3 Å². The molecule has 0 saturated carbocycles. The number of primary amides is 1. The summed E-state index contributed by atoms with van der Waals surface area (Å²) in [6.45, 7) is 0.153. The minimum absolute atomic E-state index is 0.153. The van der Waals surface area contributed by atoms with E-state index in [1.54, 1.807) is 19.2 Å². The number of carbonyl (C=O) groups is 1. The van der Waals surface area contributed by atoms with Gasteiger partial charge >= 0.3 is 0 Å². The SMILES string of the molecule is Cn1c(CN)nc2ccc(C(N)=O)c(-c3ccccc3)c2c1=O. The number of fused-ring (bicyclic) bond motifs is 1. The zero-order valence-electron chi connectivity index (χ0n) is 12.6. The van der Waals surface area contributed by atoms with Crippen LogP contribution in [0.1, 0.15) is 16.2 Å². The lowest BCUT2D eigenvalue weighted by molar-refractivity contribution is 0.100. The highest BCUT2D eigenvalue weighted by molar-refractivity contribution is 6.08. The van der Waals surface area contributed by atoms with Gasteiger partial charge in [-0.25, -0.2) is 4.98 Å². The molecule has 0 fully saturated rings. The predicted octanol–water partition coefficient (Wildman–Crippen LogP) is 1.16. The number of aromatic nitrogens is 2. The van der Waals surface area contributed by atoms with Crippen LogP contribution in [0.4, 0.5) is 0 Å². The fraction of sp³-hybridized carbons (Fsp3) is 0.118. The summed E-state index contributed by atoms with van der Waals surface area (Å²) in [4.78, 5) is 29.0. The maximum absolute atomic E-state index is 12.8. The highest BCUT2D eigenvalue weighted by Gasteiger charge is 2.18. The Balaban J connectivity index is 2.52. The number of rotatable bonds is 3. The lowest BCUT2D eigenvalue weighted by Crippen LogP contribution is -2.25. The molecule has 2 aromatic carbocycles. The summed E-state index contributed by atoms with van der Waals surface area (Å²) in [7, 11) is 1.61. The minimum atomic E-state index is -0.587. The normalized spacial score (nSPS) is 10.9. The van der Waals surface area contributed by atoms with E-state index in [0.29, 0.717) is 27.9 Å². The molecule has 1 amide bonds. The van der Waals surface area contributed by atoms with E-state index in [0.717, 1.165) is 5.56 Å². The van der Waals surface area contributed by atoms with Crippen LogP contribution in [0.25, 0.3) is 22.0 Å². The van der Waals surface area contributed by atoms with Crippen LogP contribution < -0.4 is 17.0 Å². The first-order valence-electron chi connectivity index (χ1n) is 7.12. The fourth-order valence-corrected chi connectivity index (χ4v) is 2.69. The number of nitrogens with two attached hydrogens (primary N) is 2. The van der Waals surface area contributed by atoms with Crippen molar-refractivity contribution in [3.63, 3.8) is 0 Å². The van der Waals surface area contributed by atoms with Gasteiger partial charge in [0.25, 0.3) is 5.56 Å². The van der Waals surface area contributed by atoms with E-state index in [9.17, 15) is 9.59 Å². The van der Waals surface area contributed by atoms with Crippen molar-refractivity contribution in [2.45, 2.75) is 6.54 Å². The van der Waals surface area contributed by atoms with Crippen molar-refractivity contribution in [3.05, 3.63) is 64.2 Å². The summed E-state index contributed by atoms with van der Waals surface area (Å²) < 4.78 is 1.40. The smallest absolute Gasteiger partial charge is 0.261 e. The maximum atomic E-state index is 12.8. The van der Waals surface area contributed by atoms with E-state index in [1.165, 1.54) is 4.57 Å². The first-order chi connectivity index (χ1) is 11.0. The van der Waals surface area contributed by atoms with E-state index in [2.05, 4.69) is 4.98 Å². The van der Waals surface area contributed by atoms with Crippen LogP contribution in [-0.4, -0.2) is 15.5 Å². The van der Waals surface area contributed by atoms with Crippen molar-refractivity contribution in [1.82, 2.24) is 9.55 Å². The van der Waals surface area contributed by atoms with Crippen LogP contribution in [0.3, 0.4) is 0 Å². The van der Waals surface area contributed by atoms with Gasteiger partial charge in [0.1, 0.15) is 5.82 Å². The van der Waals surface area contributed by atoms with Crippen molar-refractivity contribution in [1.29, 1.82) is 0 Å². The summed E-state index contributed by atoms with van der Waals surface area (Å²) >= 11 is 0. The highest BCUT2D eigenvalue weighted by Crippen LogP contribution is 2.29. The summed E-state index contributed by atoms with van der Waals surface area (Å²) in [5.74, 6) is -0.107. The van der Waals surface area contributed by atoms with Gasteiger partial charge in [0.05, 0.1) is 17.4 Å². The van der Waals surface area contributed by atoms with Gasteiger partial charge in [-0.2, -0.15) is 0 Å². The Kier molecular flexibility index (Phi) is 3.67. The lowest BCUT2D eigenvalue weighted by atomic mass is 9.95. The van der Waals surface area contributed by atoms with Crippen LogP contribution in [0.5, 0.6) is 0 Å². The maximum Gasteiger partial charge on any atom is 0.261 e. The molecule has 1 heterocycles. The second kappa shape index (κ2) is 5.66. The molecule has 116 valence electrons. The monoisotopic (exact) mass is 308 g/mol. The molecule has 6 heteroatoms. The minimum Gasteiger partial charge on any atom is -0.366 e. The lowest BCUT2D eigenvalue weighted by Gasteiger charge is -2.13. The molecule has 6 nitrogen and oxygen atoms in total. The molecule has 3 rings (SSSR count). The molecule has 4 N–H and O–H groups in total. The largest absolute Gasteiger partial charge is 0.366 e. The molecule has 0 saturated heterocycles. The van der Waals surface area contributed by atoms with E-state index in [4.69, 9.17) is 11.5 Å². The third-order valence-electron chi connectivity index (χ3n) is 3.85. The summed E-state index contributed by atoms with van der Waals surface area (Å²) in [6, 6.07) is 12.4. The summed E-state index contributed by atoms with van der Waals surface area (Å²) in [6.07, 6.45) is 0. The van der Waals surface area contributed by atoms with Gasteiger partial charge in [-0.05, 0) is 17.7 Å². The van der Waals surface area contributed by atoms with E-state index in [-0.39, 0.29) is 12.1 Å². The first kappa shape index (κ1) is 14.9. The molecule has 0 atom stereocenters. The number of hydrogen-bond acceptors (Lipinski definition) is 4. The molecule has 0 radical (unpaired) electrons. The van der Waals surface area contributed by atoms with Gasteiger partial charge < -0.3 is 11.5 Å². The van der Waals surface area contributed by atoms with Crippen LogP contribution in [-0.2, 0) is 13.6 Å². The number of carbonyl (C=O) groups excluding carboxylic acids is 1. The van der Waals surface area contributed by atoms with Crippen LogP contribution in [0.2, 0.25) is 0 Å². The van der Waals surface area contributed by atoms with Gasteiger partial charge in [-0.15, -0.1) is 0 Å². The molecule has 0 bridgehead atoms. The van der Waals surface area contributed by atoms with Crippen LogP contribution in [0, 0.1) is 0 Å². The zero-order chi connectivity index (χ0) is 16.6. The third-order valence-corrected chi connectivity index (χ3v) is 3.85. The fourth-order valence-electron chi connectivity index (χ4n) is 2.69. The van der Waals surface area contributed by atoms with Crippen molar-refractivity contribution >= 4 is 16.8 Å². The highest BCUT2D eigenvalue weighted by atomic mass is 16.1. The number of benzene rings is 2. The van der Waals surface area contributed by atoms with E-state index < -0.39 is 5.91 Å². The van der Waals surface area contributed by atoms with Gasteiger partial charge in [-0.1, -0.05) is 30.3 Å². The second-order valence-electron chi connectivity index (χ2n) is 5.21. The van der Waals surface area contributed by atoms with Gasteiger partial charge in [0.15, 0.2) is 0 Å². The average molecular weight is 308 g/mol. The standard InChI is InChI=1S/C17H16N4O2/c1-21-13(9-18)20-12-8-7-11(16(19)22)14(15(12)17(21)23)10-5-3-2-4-6-10/h2-8H,9,18H2,1H3,(H2,19,22). The van der Waals surface area contributed by atoms with E-state index >= 15 is 0 Å². The Morgan fingerprint density at radius 3 is 2.48 bits per heavy atom. The topological polar surface area (TPSA) is 104 Å². The Morgan fingerprint density at radius 1 is 1.17 bits per heavy atom. The molecule has 23 heavy (non-hydrogen) atoms. The Bertz CT molecular complexity index is 962. The average Bonchev–Trinajstić information content (AvgIpc) is 2.57. The first-order valence-corrected chi connectivity index (χ1v) is 7.12. The number of nitrogens with zero attached hydrogens (tertiary/aromatic N) is 2. The molecule has 0 aliphatic heterocycles. The Hall–Kier alpha value is -2.99. The number of hydrogen-bond donors (Lipinski definition) is 2. The van der Waals surface area contributed by atoms with Crippen molar-refractivity contribution < 1.29 is 4.79 Å². The zero-order valence-corrected chi connectivity index (χ0v) is 12.6. The molecule has 1 aromatic heterocycles. The predicted molar refractivity (Wildman–Crippen MR) is 88.8 cm³/mol. The third kappa shape index (κ3) is 2.39. The van der Waals surface area contributed by atoms with Crippen molar-refractivity contribution in [2.24, 2.45) is 18.5 Å². The molecular formula is C17H16N4O2. The van der Waals surface area contributed by atoms with Crippen LogP contribution >= 0.6 is 0 Å². The van der Waals surface area contributed by atoms with Gasteiger partial charge in [0.2, 0.25) is 5.91 Å². The molecule has 0 unspecified atom stereocenters. The molecular weight excluding hydrogens is 292 g/mol. The van der Waals surface area contributed by atoms with Crippen molar-refractivity contribution in [2.75, 3.05) is 0 Å². The molecule has 0 spiro atoms. The Morgan fingerprint density at radius 2 is 1.87 bits per heavy atom.